The molecule has 0 atom stereocenters. The molecule has 1 aromatic carbocycles. The van der Waals surface area contributed by atoms with Crippen LogP contribution in [0.25, 0.3) is 0 Å². The lowest BCUT2D eigenvalue weighted by molar-refractivity contribution is -0.139. The van der Waals surface area contributed by atoms with Crippen LogP contribution in [-0.2, 0) is 11.2 Å². The van der Waals surface area contributed by atoms with Crippen molar-refractivity contribution in [3.63, 3.8) is 0 Å². The Hall–Kier alpha value is -0.810. The molecule has 104 valence electrons. The fraction of sp³-hybridized carbons (Fsp3) is 0.500. The van der Waals surface area contributed by atoms with E-state index in [1.807, 2.05) is 0 Å². The van der Waals surface area contributed by atoms with E-state index in [2.05, 4.69) is 15.9 Å². The summed E-state index contributed by atoms with van der Waals surface area (Å²) >= 11 is 2.96. The van der Waals surface area contributed by atoms with E-state index in [0.29, 0.717) is 12.8 Å². The SMILES string of the molecule is O=C(Cc1c(F)ccc(Br)c1F)C1(O)CCCCC1. The summed E-state index contributed by atoms with van der Waals surface area (Å²) in [5.41, 5.74) is -1.70. The molecule has 0 radical (unpaired) electrons. The number of rotatable bonds is 3. The second-order valence-corrected chi connectivity index (χ2v) is 5.87. The number of carbonyl (C=O) groups excluding carboxylic acids is 1. The van der Waals surface area contributed by atoms with E-state index in [9.17, 15) is 18.7 Å². The number of aliphatic hydroxyl groups is 1. The molecule has 0 aromatic heterocycles. The Kier molecular flexibility index (Phi) is 4.36. The van der Waals surface area contributed by atoms with Gasteiger partial charge in [0.15, 0.2) is 5.78 Å². The second-order valence-electron chi connectivity index (χ2n) is 5.01. The fourth-order valence-electron chi connectivity index (χ4n) is 2.47. The Morgan fingerprint density at radius 3 is 2.53 bits per heavy atom. The molecule has 0 unspecified atom stereocenters. The Labute approximate surface area is 118 Å². The van der Waals surface area contributed by atoms with Gasteiger partial charge >= 0.3 is 0 Å². The minimum Gasteiger partial charge on any atom is -0.382 e. The quantitative estimate of drug-likeness (QED) is 0.859. The van der Waals surface area contributed by atoms with Crippen LogP contribution in [0.2, 0.25) is 0 Å². The highest BCUT2D eigenvalue weighted by Gasteiger charge is 2.37. The molecule has 1 aliphatic carbocycles. The summed E-state index contributed by atoms with van der Waals surface area (Å²) < 4.78 is 27.5. The topological polar surface area (TPSA) is 37.3 Å². The fourth-order valence-corrected chi connectivity index (χ4v) is 2.84. The smallest absolute Gasteiger partial charge is 0.168 e. The van der Waals surface area contributed by atoms with Crippen molar-refractivity contribution in [3.05, 3.63) is 33.8 Å². The molecule has 5 heteroatoms. The van der Waals surface area contributed by atoms with Crippen LogP contribution in [0.4, 0.5) is 8.78 Å². The third-order valence-electron chi connectivity index (χ3n) is 3.68. The largest absolute Gasteiger partial charge is 0.382 e. The summed E-state index contributed by atoms with van der Waals surface area (Å²) in [6.45, 7) is 0. The van der Waals surface area contributed by atoms with Crippen LogP contribution in [0.15, 0.2) is 16.6 Å². The number of ketones is 1. The van der Waals surface area contributed by atoms with Crippen molar-refractivity contribution in [2.24, 2.45) is 0 Å². The van der Waals surface area contributed by atoms with E-state index in [-0.39, 0.29) is 10.0 Å². The van der Waals surface area contributed by atoms with Crippen LogP contribution < -0.4 is 0 Å². The van der Waals surface area contributed by atoms with Gasteiger partial charge in [0.2, 0.25) is 0 Å². The van der Waals surface area contributed by atoms with Gasteiger partial charge in [-0.25, -0.2) is 8.78 Å². The standard InChI is InChI=1S/C14H15BrF2O2/c15-10-4-5-11(16)9(13(10)17)8-12(18)14(19)6-2-1-3-7-14/h4-5,19H,1-3,6-8H2. The second kappa shape index (κ2) is 5.67. The molecule has 2 nitrogen and oxygen atoms in total. The molecule has 0 bridgehead atoms. The third-order valence-corrected chi connectivity index (χ3v) is 4.29. The van der Waals surface area contributed by atoms with Gasteiger partial charge in [0.25, 0.3) is 0 Å². The molecule has 0 heterocycles. The maximum Gasteiger partial charge on any atom is 0.168 e. The first-order valence-electron chi connectivity index (χ1n) is 6.32. The molecule has 0 amide bonds. The lowest BCUT2D eigenvalue weighted by atomic mass is 9.80. The minimum absolute atomic E-state index is 0.118. The summed E-state index contributed by atoms with van der Waals surface area (Å²) in [5.74, 6) is -2.02. The van der Waals surface area contributed by atoms with Crippen LogP contribution in [-0.4, -0.2) is 16.5 Å². The Bertz CT molecular complexity index is 496. The highest BCUT2D eigenvalue weighted by molar-refractivity contribution is 9.10. The molecule has 0 spiro atoms. The number of benzene rings is 1. The molecule has 0 saturated heterocycles. The van der Waals surface area contributed by atoms with Gasteiger partial charge in [0, 0.05) is 12.0 Å². The monoisotopic (exact) mass is 332 g/mol. The van der Waals surface area contributed by atoms with Crippen molar-refractivity contribution >= 4 is 21.7 Å². The van der Waals surface area contributed by atoms with Gasteiger partial charge in [-0.05, 0) is 40.9 Å². The average molecular weight is 333 g/mol. The number of carbonyl (C=O) groups is 1. The Morgan fingerprint density at radius 1 is 1.26 bits per heavy atom. The van der Waals surface area contributed by atoms with E-state index in [1.54, 1.807) is 0 Å². The van der Waals surface area contributed by atoms with Gasteiger partial charge in [0.05, 0.1) is 4.47 Å². The van der Waals surface area contributed by atoms with Gasteiger partial charge < -0.3 is 5.11 Å². The zero-order valence-corrected chi connectivity index (χ0v) is 12.0. The van der Waals surface area contributed by atoms with E-state index in [4.69, 9.17) is 0 Å². The highest BCUT2D eigenvalue weighted by Crippen LogP contribution is 2.31. The highest BCUT2D eigenvalue weighted by atomic mass is 79.9. The van der Waals surface area contributed by atoms with Crippen molar-refractivity contribution in [2.75, 3.05) is 0 Å². The van der Waals surface area contributed by atoms with Crippen LogP contribution in [0.5, 0.6) is 0 Å². The van der Waals surface area contributed by atoms with Crippen molar-refractivity contribution in [2.45, 2.75) is 44.1 Å². The molecule has 1 aromatic rings. The van der Waals surface area contributed by atoms with Gasteiger partial charge in [-0.1, -0.05) is 19.3 Å². The maximum absolute atomic E-state index is 13.8. The van der Waals surface area contributed by atoms with Crippen LogP contribution >= 0.6 is 15.9 Å². The van der Waals surface area contributed by atoms with Gasteiger partial charge in [-0.2, -0.15) is 0 Å². The van der Waals surface area contributed by atoms with Crippen LogP contribution in [0.1, 0.15) is 37.7 Å². The molecule has 2 rings (SSSR count). The number of halogens is 3. The lowest BCUT2D eigenvalue weighted by Gasteiger charge is -2.30. The number of hydrogen-bond donors (Lipinski definition) is 1. The minimum atomic E-state index is -1.42. The van der Waals surface area contributed by atoms with Gasteiger partial charge in [-0.3, -0.25) is 4.79 Å². The van der Waals surface area contributed by atoms with Crippen molar-refractivity contribution in [1.82, 2.24) is 0 Å². The summed E-state index contributed by atoms with van der Waals surface area (Å²) in [6, 6.07) is 2.37. The molecule has 0 aliphatic heterocycles. The van der Waals surface area contributed by atoms with Gasteiger partial charge in [0.1, 0.15) is 17.2 Å². The molecular formula is C14H15BrF2O2. The van der Waals surface area contributed by atoms with E-state index in [1.165, 1.54) is 6.07 Å². The van der Waals surface area contributed by atoms with Crippen molar-refractivity contribution in [1.29, 1.82) is 0 Å². The predicted molar refractivity (Wildman–Crippen MR) is 70.8 cm³/mol. The summed E-state index contributed by atoms with van der Waals surface area (Å²) in [5, 5.41) is 10.2. The first-order chi connectivity index (χ1) is 8.94. The molecule has 19 heavy (non-hydrogen) atoms. The predicted octanol–water partition coefficient (Wildman–Crippen LogP) is 3.53. The number of Topliss-reactive ketones (excluding diaryl/α,β-unsaturated/α-hetero) is 1. The van der Waals surface area contributed by atoms with Crippen LogP contribution in [0.3, 0.4) is 0 Å². The van der Waals surface area contributed by atoms with Gasteiger partial charge in [-0.15, -0.1) is 0 Å². The number of hydrogen-bond acceptors (Lipinski definition) is 2. The maximum atomic E-state index is 13.8. The first-order valence-corrected chi connectivity index (χ1v) is 7.11. The molecular weight excluding hydrogens is 318 g/mol. The van der Waals surface area contributed by atoms with E-state index in [0.717, 1.165) is 25.3 Å². The summed E-state index contributed by atoms with van der Waals surface area (Å²) in [6.07, 6.45) is 2.87. The van der Waals surface area contributed by atoms with Crippen molar-refractivity contribution < 1.29 is 18.7 Å². The van der Waals surface area contributed by atoms with E-state index < -0.39 is 29.4 Å². The molecule has 1 N–H and O–H groups in total. The Balaban J connectivity index is 2.21. The normalized spacial score (nSPS) is 18.3. The van der Waals surface area contributed by atoms with E-state index >= 15 is 0 Å². The van der Waals surface area contributed by atoms with Crippen LogP contribution in [0, 0.1) is 11.6 Å². The van der Waals surface area contributed by atoms with Crippen molar-refractivity contribution in [3.8, 4) is 0 Å². The first kappa shape index (κ1) is 14.6. The lowest BCUT2D eigenvalue weighted by Crippen LogP contribution is -2.41. The Morgan fingerprint density at radius 2 is 1.89 bits per heavy atom. The zero-order valence-electron chi connectivity index (χ0n) is 10.4. The zero-order chi connectivity index (χ0) is 14.0. The molecule has 1 saturated carbocycles. The molecule has 1 aliphatic rings. The third kappa shape index (κ3) is 3.03. The summed E-state index contributed by atoms with van der Waals surface area (Å²) in [7, 11) is 0. The summed E-state index contributed by atoms with van der Waals surface area (Å²) in [4.78, 5) is 12.1. The molecule has 1 fully saturated rings. The average Bonchev–Trinajstić information content (AvgIpc) is 2.40.